The Balaban J connectivity index is 2.12. The summed E-state index contributed by atoms with van der Waals surface area (Å²) in [4.78, 5) is 7.97. The summed E-state index contributed by atoms with van der Waals surface area (Å²) >= 11 is 0. The highest BCUT2D eigenvalue weighted by molar-refractivity contribution is 5.23. The van der Waals surface area contributed by atoms with Crippen LogP contribution in [0.5, 0.6) is 0 Å². The number of hydrogen-bond donors (Lipinski definition) is 1. The van der Waals surface area contributed by atoms with E-state index < -0.39 is 13.0 Å². The van der Waals surface area contributed by atoms with Gasteiger partial charge in [0.05, 0.1) is 6.61 Å². The smallest absolute Gasteiger partial charge is 0.261 e. The Bertz CT molecular complexity index is 279. The summed E-state index contributed by atoms with van der Waals surface area (Å²) in [5, 5.41) is 2.85. The highest BCUT2D eigenvalue weighted by atomic mass is 19.3. The number of nitrogens with one attached hydrogen (secondary N) is 1. The second-order valence-electron chi connectivity index (χ2n) is 2.98. The van der Waals surface area contributed by atoms with Gasteiger partial charge in [0, 0.05) is 18.9 Å². The van der Waals surface area contributed by atoms with Crippen LogP contribution >= 0.6 is 0 Å². The molecule has 0 bridgehead atoms. The van der Waals surface area contributed by atoms with Crippen LogP contribution in [0.25, 0.3) is 0 Å². The topological polar surface area (TPSA) is 47.0 Å². The molecule has 0 aliphatic rings. The maximum atomic E-state index is 11.7. The van der Waals surface area contributed by atoms with Gasteiger partial charge in [-0.15, -0.1) is 0 Å². The van der Waals surface area contributed by atoms with Crippen molar-refractivity contribution in [3.63, 3.8) is 0 Å². The normalized spacial score (nSPS) is 10.7. The second-order valence-corrected chi connectivity index (χ2v) is 2.98. The molecule has 0 saturated carbocycles. The minimum Gasteiger partial charge on any atom is -0.374 e. The molecule has 1 aromatic heterocycles. The Morgan fingerprint density at radius 1 is 1.40 bits per heavy atom. The van der Waals surface area contributed by atoms with E-state index in [2.05, 4.69) is 20.0 Å². The SMILES string of the molecule is Cc1cnc(NCCOCC(F)F)nc1. The molecule has 1 rings (SSSR count). The van der Waals surface area contributed by atoms with Crippen LogP contribution in [-0.4, -0.2) is 36.2 Å². The highest BCUT2D eigenvalue weighted by Gasteiger charge is 2.01. The largest absolute Gasteiger partial charge is 0.374 e. The van der Waals surface area contributed by atoms with Gasteiger partial charge in [0.25, 0.3) is 6.43 Å². The summed E-state index contributed by atoms with van der Waals surface area (Å²) in [6.07, 6.45) is 0.936. The fourth-order valence-corrected chi connectivity index (χ4v) is 0.891. The molecule has 1 N–H and O–H groups in total. The molecule has 0 atom stereocenters. The molecule has 15 heavy (non-hydrogen) atoms. The fourth-order valence-electron chi connectivity index (χ4n) is 0.891. The summed E-state index contributed by atoms with van der Waals surface area (Å²) in [5.41, 5.74) is 0.967. The first-order chi connectivity index (χ1) is 7.18. The van der Waals surface area contributed by atoms with Crippen molar-refractivity contribution in [1.82, 2.24) is 9.97 Å². The Kier molecular flexibility index (Phi) is 4.89. The van der Waals surface area contributed by atoms with E-state index in [0.717, 1.165) is 5.56 Å². The number of ether oxygens (including phenoxy) is 1. The number of rotatable bonds is 6. The molecule has 1 aromatic rings. The van der Waals surface area contributed by atoms with Crippen molar-refractivity contribution >= 4 is 5.95 Å². The molecule has 0 spiro atoms. The summed E-state index contributed by atoms with van der Waals surface area (Å²) in [5.74, 6) is 0.473. The number of anilines is 1. The lowest BCUT2D eigenvalue weighted by Gasteiger charge is -2.05. The molecule has 0 aromatic carbocycles. The number of aryl methyl sites for hydroxylation is 1. The minimum absolute atomic E-state index is 0.210. The van der Waals surface area contributed by atoms with Gasteiger partial charge >= 0.3 is 0 Å². The first-order valence-corrected chi connectivity index (χ1v) is 4.57. The zero-order valence-electron chi connectivity index (χ0n) is 8.41. The maximum absolute atomic E-state index is 11.7. The Hall–Kier alpha value is -1.30. The third kappa shape index (κ3) is 5.21. The van der Waals surface area contributed by atoms with Crippen molar-refractivity contribution in [2.24, 2.45) is 0 Å². The zero-order chi connectivity index (χ0) is 11.1. The van der Waals surface area contributed by atoms with Gasteiger partial charge in [0.1, 0.15) is 6.61 Å². The Morgan fingerprint density at radius 2 is 2.07 bits per heavy atom. The van der Waals surface area contributed by atoms with E-state index in [1.807, 2.05) is 6.92 Å². The molecular weight excluding hydrogens is 204 g/mol. The van der Waals surface area contributed by atoms with Crippen LogP contribution in [0.2, 0.25) is 0 Å². The molecule has 0 radical (unpaired) electrons. The first-order valence-electron chi connectivity index (χ1n) is 4.57. The van der Waals surface area contributed by atoms with Gasteiger partial charge < -0.3 is 10.1 Å². The van der Waals surface area contributed by atoms with Crippen molar-refractivity contribution in [2.45, 2.75) is 13.3 Å². The van der Waals surface area contributed by atoms with Gasteiger partial charge in [0.15, 0.2) is 0 Å². The van der Waals surface area contributed by atoms with Crippen LogP contribution in [0.4, 0.5) is 14.7 Å². The molecule has 0 aliphatic heterocycles. The van der Waals surface area contributed by atoms with E-state index in [1.165, 1.54) is 0 Å². The average molecular weight is 217 g/mol. The third-order valence-corrected chi connectivity index (χ3v) is 1.55. The lowest BCUT2D eigenvalue weighted by Crippen LogP contribution is -2.14. The van der Waals surface area contributed by atoms with Crippen LogP contribution in [0.1, 0.15) is 5.56 Å². The molecule has 6 heteroatoms. The van der Waals surface area contributed by atoms with Gasteiger partial charge in [-0.25, -0.2) is 18.7 Å². The van der Waals surface area contributed by atoms with Crippen molar-refractivity contribution < 1.29 is 13.5 Å². The van der Waals surface area contributed by atoms with E-state index in [-0.39, 0.29) is 6.61 Å². The zero-order valence-corrected chi connectivity index (χ0v) is 8.41. The summed E-state index contributed by atoms with van der Waals surface area (Å²) in [6.45, 7) is 1.98. The predicted molar refractivity (Wildman–Crippen MR) is 52.1 cm³/mol. The van der Waals surface area contributed by atoms with E-state index in [1.54, 1.807) is 12.4 Å². The molecule has 0 amide bonds. The predicted octanol–water partition coefficient (Wildman–Crippen LogP) is 1.48. The van der Waals surface area contributed by atoms with E-state index in [0.29, 0.717) is 12.5 Å². The third-order valence-electron chi connectivity index (χ3n) is 1.55. The first kappa shape index (κ1) is 11.8. The van der Waals surface area contributed by atoms with Gasteiger partial charge in [0.2, 0.25) is 5.95 Å². The molecule has 0 aliphatic carbocycles. The van der Waals surface area contributed by atoms with Crippen molar-refractivity contribution in [3.8, 4) is 0 Å². The van der Waals surface area contributed by atoms with E-state index in [9.17, 15) is 8.78 Å². The van der Waals surface area contributed by atoms with Crippen LogP contribution in [0.15, 0.2) is 12.4 Å². The molecule has 0 saturated heterocycles. The molecule has 0 fully saturated rings. The van der Waals surface area contributed by atoms with Crippen molar-refractivity contribution in [3.05, 3.63) is 18.0 Å². The van der Waals surface area contributed by atoms with Gasteiger partial charge in [-0.2, -0.15) is 0 Å². The van der Waals surface area contributed by atoms with Crippen molar-refractivity contribution in [1.29, 1.82) is 0 Å². The molecule has 84 valence electrons. The number of alkyl halides is 2. The van der Waals surface area contributed by atoms with Crippen LogP contribution in [-0.2, 0) is 4.74 Å². The Labute approximate surface area is 86.7 Å². The lowest BCUT2D eigenvalue weighted by molar-refractivity contribution is 0.0214. The number of aromatic nitrogens is 2. The lowest BCUT2D eigenvalue weighted by atomic mass is 10.4. The summed E-state index contributed by atoms with van der Waals surface area (Å²) < 4.78 is 28.0. The van der Waals surface area contributed by atoms with Gasteiger partial charge in [-0.05, 0) is 12.5 Å². The summed E-state index contributed by atoms with van der Waals surface area (Å²) in [7, 11) is 0. The number of halogens is 2. The Morgan fingerprint density at radius 3 is 2.67 bits per heavy atom. The second kappa shape index (κ2) is 6.23. The monoisotopic (exact) mass is 217 g/mol. The standard InChI is InChI=1S/C9H13F2N3O/c1-7-4-13-9(14-5-7)12-2-3-15-6-8(10)11/h4-5,8H,2-3,6H2,1H3,(H,12,13,14). The quantitative estimate of drug-likeness (QED) is 0.733. The average Bonchev–Trinajstić information content (AvgIpc) is 2.20. The molecule has 1 heterocycles. The minimum atomic E-state index is -2.42. The van der Waals surface area contributed by atoms with Crippen LogP contribution in [0.3, 0.4) is 0 Å². The van der Waals surface area contributed by atoms with Crippen LogP contribution in [0, 0.1) is 6.92 Å². The van der Waals surface area contributed by atoms with Gasteiger partial charge in [-0.1, -0.05) is 0 Å². The highest BCUT2D eigenvalue weighted by Crippen LogP contribution is 1.98. The van der Waals surface area contributed by atoms with Crippen LogP contribution < -0.4 is 5.32 Å². The number of nitrogens with zero attached hydrogens (tertiary/aromatic N) is 2. The van der Waals surface area contributed by atoms with E-state index >= 15 is 0 Å². The van der Waals surface area contributed by atoms with Crippen molar-refractivity contribution in [2.75, 3.05) is 25.1 Å². The van der Waals surface area contributed by atoms with Gasteiger partial charge in [-0.3, -0.25) is 0 Å². The number of hydrogen-bond acceptors (Lipinski definition) is 4. The summed E-state index contributed by atoms with van der Waals surface area (Å²) in [6, 6.07) is 0. The molecule has 0 unspecified atom stereocenters. The maximum Gasteiger partial charge on any atom is 0.261 e. The molecule has 4 nitrogen and oxygen atoms in total. The van der Waals surface area contributed by atoms with E-state index in [4.69, 9.17) is 0 Å². The fraction of sp³-hybridized carbons (Fsp3) is 0.556. The molecular formula is C9H13F2N3O.